The second kappa shape index (κ2) is 10.2. The first kappa shape index (κ1) is 23.0. The molecule has 0 spiro atoms. The zero-order valence-corrected chi connectivity index (χ0v) is 19.6. The van der Waals surface area contributed by atoms with Crippen LogP contribution in [0.2, 0.25) is 0 Å². The lowest BCUT2D eigenvalue weighted by molar-refractivity contribution is -0.138. The lowest BCUT2D eigenvalue weighted by atomic mass is 10.1. The molecule has 33 heavy (non-hydrogen) atoms. The first-order valence-corrected chi connectivity index (χ1v) is 11.7. The Kier molecular flexibility index (Phi) is 7.08. The summed E-state index contributed by atoms with van der Waals surface area (Å²) >= 11 is 0. The van der Waals surface area contributed by atoms with E-state index in [1.54, 1.807) is 4.57 Å². The fourth-order valence-electron chi connectivity index (χ4n) is 4.73. The molecular formula is C26H32N4O3. The minimum absolute atomic E-state index is 0.00616. The van der Waals surface area contributed by atoms with Crippen molar-refractivity contribution in [1.29, 1.82) is 0 Å². The third kappa shape index (κ3) is 4.78. The van der Waals surface area contributed by atoms with Gasteiger partial charge in [-0.3, -0.25) is 19.1 Å². The van der Waals surface area contributed by atoms with Crippen molar-refractivity contribution < 1.29 is 9.53 Å². The second-order valence-corrected chi connectivity index (χ2v) is 8.49. The van der Waals surface area contributed by atoms with Crippen LogP contribution >= 0.6 is 0 Å². The van der Waals surface area contributed by atoms with E-state index in [4.69, 9.17) is 9.72 Å². The van der Waals surface area contributed by atoms with Crippen LogP contribution in [0.1, 0.15) is 39.1 Å². The monoisotopic (exact) mass is 448 g/mol. The Morgan fingerprint density at radius 2 is 1.82 bits per heavy atom. The molecule has 2 atom stereocenters. The van der Waals surface area contributed by atoms with Crippen LogP contribution in [-0.4, -0.2) is 57.5 Å². The summed E-state index contributed by atoms with van der Waals surface area (Å²) in [4.78, 5) is 35.1. The highest BCUT2D eigenvalue weighted by molar-refractivity contribution is 5.78. The molecule has 0 aliphatic carbocycles. The number of carbonyl (C=O) groups is 1. The quantitative estimate of drug-likeness (QED) is 0.554. The fraction of sp³-hybridized carbons (Fsp3) is 0.423. The summed E-state index contributed by atoms with van der Waals surface area (Å²) in [6.07, 6.45) is 0.836. The van der Waals surface area contributed by atoms with Crippen molar-refractivity contribution in [2.24, 2.45) is 0 Å². The van der Waals surface area contributed by atoms with Crippen LogP contribution in [0.4, 0.5) is 0 Å². The number of benzene rings is 2. The van der Waals surface area contributed by atoms with Crippen molar-refractivity contribution in [2.75, 3.05) is 26.2 Å². The molecule has 1 amide bonds. The molecular weight excluding hydrogens is 416 g/mol. The van der Waals surface area contributed by atoms with Gasteiger partial charge in [0.15, 0.2) is 6.61 Å². The number of ether oxygens (including phenoxy) is 1. The standard InChI is InChI=1S/C26H32N4O3/c1-4-23(25-27-22-14-10-9-13-21(22)26(32)29(25)5-2)28-15-16-30(19(3)17-28)24(31)18-33-20-11-7-6-8-12-20/h6-14,19,23H,4-5,15-18H2,1-3H3. The van der Waals surface area contributed by atoms with Crippen LogP contribution in [0.5, 0.6) is 5.75 Å². The lowest BCUT2D eigenvalue weighted by Gasteiger charge is -2.43. The van der Waals surface area contributed by atoms with E-state index in [1.165, 1.54) is 0 Å². The average Bonchev–Trinajstić information content (AvgIpc) is 2.84. The fourth-order valence-corrected chi connectivity index (χ4v) is 4.73. The maximum Gasteiger partial charge on any atom is 0.261 e. The molecule has 0 bridgehead atoms. The molecule has 3 aromatic rings. The molecule has 4 rings (SSSR count). The zero-order valence-electron chi connectivity index (χ0n) is 19.6. The van der Waals surface area contributed by atoms with E-state index in [0.717, 1.165) is 30.9 Å². The van der Waals surface area contributed by atoms with Gasteiger partial charge in [-0.05, 0) is 44.5 Å². The number of para-hydroxylation sites is 2. The number of piperazine rings is 1. The minimum atomic E-state index is -0.00616. The summed E-state index contributed by atoms with van der Waals surface area (Å²) in [5, 5.41) is 0.653. The molecule has 1 aromatic heterocycles. The van der Waals surface area contributed by atoms with E-state index in [-0.39, 0.29) is 30.2 Å². The molecule has 1 aliphatic heterocycles. The van der Waals surface area contributed by atoms with Crippen LogP contribution in [0, 0.1) is 0 Å². The minimum Gasteiger partial charge on any atom is -0.484 e. The molecule has 7 heteroatoms. The first-order chi connectivity index (χ1) is 16.0. The predicted molar refractivity (Wildman–Crippen MR) is 129 cm³/mol. The molecule has 0 radical (unpaired) electrons. The Bertz CT molecular complexity index is 1160. The number of hydrogen-bond acceptors (Lipinski definition) is 5. The molecule has 174 valence electrons. The number of rotatable bonds is 7. The number of fused-ring (bicyclic) bond motifs is 1. The Hall–Kier alpha value is -3.19. The van der Waals surface area contributed by atoms with E-state index in [0.29, 0.717) is 24.2 Å². The summed E-state index contributed by atoms with van der Waals surface area (Å²) < 4.78 is 7.46. The van der Waals surface area contributed by atoms with Crippen LogP contribution in [0.3, 0.4) is 0 Å². The van der Waals surface area contributed by atoms with Crippen LogP contribution in [-0.2, 0) is 11.3 Å². The number of hydrogen-bond donors (Lipinski definition) is 0. The summed E-state index contributed by atoms with van der Waals surface area (Å²) in [5.41, 5.74) is 0.747. The Morgan fingerprint density at radius 1 is 1.09 bits per heavy atom. The highest BCUT2D eigenvalue weighted by Crippen LogP contribution is 2.26. The SMILES string of the molecule is CCC(c1nc2ccccc2c(=O)n1CC)N1CCN(C(=O)COc2ccccc2)C(C)C1. The zero-order chi connectivity index (χ0) is 23.4. The van der Waals surface area contributed by atoms with Gasteiger partial charge in [0.25, 0.3) is 11.5 Å². The molecule has 1 fully saturated rings. The third-order valence-electron chi connectivity index (χ3n) is 6.42. The van der Waals surface area contributed by atoms with E-state index in [1.807, 2.05) is 66.4 Å². The number of carbonyl (C=O) groups excluding carboxylic acids is 1. The maximum absolute atomic E-state index is 13.1. The van der Waals surface area contributed by atoms with Crippen molar-refractivity contribution >= 4 is 16.8 Å². The van der Waals surface area contributed by atoms with Gasteiger partial charge in [-0.2, -0.15) is 0 Å². The van der Waals surface area contributed by atoms with Crippen molar-refractivity contribution in [3.63, 3.8) is 0 Å². The topological polar surface area (TPSA) is 67.7 Å². The molecule has 2 heterocycles. The van der Waals surface area contributed by atoms with Gasteiger partial charge in [-0.25, -0.2) is 4.98 Å². The van der Waals surface area contributed by atoms with E-state index in [2.05, 4.69) is 18.7 Å². The van der Waals surface area contributed by atoms with Crippen LogP contribution < -0.4 is 10.3 Å². The Morgan fingerprint density at radius 3 is 2.52 bits per heavy atom. The Labute approximate surface area is 194 Å². The molecule has 7 nitrogen and oxygen atoms in total. The molecule has 1 aliphatic rings. The smallest absolute Gasteiger partial charge is 0.261 e. The van der Waals surface area contributed by atoms with Crippen molar-refractivity contribution in [2.45, 2.75) is 45.8 Å². The van der Waals surface area contributed by atoms with Gasteiger partial charge < -0.3 is 9.64 Å². The molecule has 2 unspecified atom stereocenters. The maximum atomic E-state index is 13.1. The van der Waals surface area contributed by atoms with Crippen molar-refractivity contribution in [1.82, 2.24) is 19.4 Å². The second-order valence-electron chi connectivity index (χ2n) is 8.49. The largest absolute Gasteiger partial charge is 0.484 e. The molecule has 0 saturated carbocycles. The highest BCUT2D eigenvalue weighted by Gasteiger charge is 2.33. The van der Waals surface area contributed by atoms with E-state index >= 15 is 0 Å². The lowest BCUT2D eigenvalue weighted by Crippen LogP contribution is -2.56. The van der Waals surface area contributed by atoms with E-state index in [9.17, 15) is 9.59 Å². The number of aromatic nitrogens is 2. The van der Waals surface area contributed by atoms with Crippen molar-refractivity contribution in [3.05, 3.63) is 70.8 Å². The van der Waals surface area contributed by atoms with Gasteiger partial charge in [-0.1, -0.05) is 37.3 Å². The number of amides is 1. The molecule has 1 saturated heterocycles. The normalized spacial score (nSPS) is 17.8. The van der Waals surface area contributed by atoms with Gasteiger partial charge in [-0.15, -0.1) is 0 Å². The van der Waals surface area contributed by atoms with Gasteiger partial charge >= 0.3 is 0 Å². The van der Waals surface area contributed by atoms with Crippen LogP contribution in [0.15, 0.2) is 59.4 Å². The molecule has 0 N–H and O–H groups in total. The first-order valence-electron chi connectivity index (χ1n) is 11.7. The summed E-state index contributed by atoms with van der Waals surface area (Å²) in [6, 6.07) is 17.0. The van der Waals surface area contributed by atoms with Crippen LogP contribution in [0.25, 0.3) is 10.9 Å². The highest BCUT2D eigenvalue weighted by atomic mass is 16.5. The summed E-state index contributed by atoms with van der Waals surface area (Å²) in [7, 11) is 0. The molecule has 2 aromatic carbocycles. The van der Waals surface area contributed by atoms with Gasteiger partial charge in [0.2, 0.25) is 0 Å². The van der Waals surface area contributed by atoms with Crippen molar-refractivity contribution in [3.8, 4) is 5.75 Å². The third-order valence-corrected chi connectivity index (χ3v) is 6.42. The predicted octanol–water partition coefficient (Wildman–Crippen LogP) is 3.48. The number of nitrogens with zero attached hydrogens (tertiary/aromatic N) is 4. The van der Waals surface area contributed by atoms with Gasteiger partial charge in [0.1, 0.15) is 11.6 Å². The van der Waals surface area contributed by atoms with Gasteiger partial charge in [0, 0.05) is 32.2 Å². The Balaban J connectivity index is 1.50. The summed E-state index contributed by atoms with van der Waals surface area (Å²) in [6.45, 7) is 8.87. The average molecular weight is 449 g/mol. The van der Waals surface area contributed by atoms with Gasteiger partial charge in [0.05, 0.1) is 16.9 Å². The summed E-state index contributed by atoms with van der Waals surface area (Å²) in [5.74, 6) is 1.50. The van der Waals surface area contributed by atoms with E-state index < -0.39 is 0 Å².